The van der Waals surface area contributed by atoms with Gasteiger partial charge in [0.25, 0.3) is 0 Å². The summed E-state index contributed by atoms with van der Waals surface area (Å²) in [6, 6.07) is -3.05. The van der Waals surface area contributed by atoms with Crippen LogP contribution in [0.5, 0.6) is 0 Å². The van der Waals surface area contributed by atoms with E-state index in [0.29, 0.717) is 12.8 Å². The third-order valence-electron chi connectivity index (χ3n) is 20.4. The second kappa shape index (κ2) is 49.8. The van der Waals surface area contributed by atoms with Crippen LogP contribution in [0.25, 0.3) is 5.73 Å². The van der Waals surface area contributed by atoms with Crippen LogP contribution in [0.4, 0.5) is 0 Å². The van der Waals surface area contributed by atoms with Crippen molar-refractivity contribution in [2.75, 3.05) is 39.6 Å². The molecule has 6 rings (SSSR count). The molecular weight excluding hydrogens is 1590 g/mol. The minimum absolute atomic E-state index is 0. The van der Waals surface area contributed by atoms with Gasteiger partial charge in [-0.2, -0.15) is 0 Å². The SMILES string of the molecule is CCCCCCCCCCCCC/C=C/C(O)C(CO[C@@H]1OC(CO)[C@H](O[C@@H]2OC(CO)[C@H](O[C@@H]3OC(CO)[C@H](O)C(O[C@@H]4OC(CO)[C@H](O)C(O[C@@H]5OC(CO)[C@H](O)C(O)C5O[C@@H]5OC(C)[C@H](O)C(O)C5O)C4[NH-])C3O)C(O)C2O)C(O)C1O)NC(=O)CCCCCCCCCCCCCCC.[Ac]. The van der Waals surface area contributed by atoms with Crippen LogP contribution in [0.3, 0.4) is 0 Å². The Labute approximate surface area is 646 Å². The number of unbranched alkanes of at least 4 members (excludes halogenated alkanes) is 23. The monoisotopic (exact) mass is 1720 g/mol. The number of rotatable bonds is 47. The van der Waals surface area contributed by atoms with Gasteiger partial charge in [0.2, 0.25) is 5.91 Å². The number of amides is 1. The van der Waals surface area contributed by atoms with Gasteiger partial charge in [0.1, 0.15) is 134 Å². The maximum atomic E-state index is 13.4. The normalized spacial score (nSPS) is 39.2. The van der Waals surface area contributed by atoms with Gasteiger partial charge in [0, 0.05) is 50.5 Å². The van der Waals surface area contributed by atoms with E-state index < -0.39 is 236 Å². The van der Waals surface area contributed by atoms with Crippen LogP contribution >= 0.6 is 0 Å². The topological polar surface area (TPSA) is 528 Å². The Balaban J connectivity index is 0.0000194. The van der Waals surface area contributed by atoms with Crippen molar-refractivity contribution in [3.05, 3.63) is 17.9 Å². The fraction of sp³-hybridized carbons (Fsp3) is 0.957. The minimum atomic E-state index is -2.22. The molecule has 6 aliphatic rings. The number of carbonyl (C=O) groups excluding carboxylic acids is 1. The number of ether oxygens (including phenoxy) is 12. The fourth-order valence-electron chi connectivity index (χ4n) is 13.9. The quantitative estimate of drug-likeness (QED) is 0.0246. The van der Waals surface area contributed by atoms with Crippen molar-refractivity contribution in [3.63, 3.8) is 0 Å². The molecular formula is C70H127AcN2O31-. The third-order valence-corrected chi connectivity index (χ3v) is 20.4. The molecule has 6 heterocycles. The summed E-state index contributed by atoms with van der Waals surface area (Å²) in [5, 5.41) is 201. The smallest absolute Gasteiger partial charge is 0.220 e. The largest absolute Gasteiger partial charge is 0.668 e. The van der Waals surface area contributed by atoms with Gasteiger partial charge >= 0.3 is 0 Å². The van der Waals surface area contributed by atoms with Crippen LogP contribution in [0.1, 0.15) is 188 Å². The molecule has 0 aromatic heterocycles. The van der Waals surface area contributed by atoms with E-state index in [4.69, 9.17) is 56.8 Å². The standard InChI is InChI=1S/C70H127N2O31.Ac/c1-4-6-8-10-12-14-16-18-20-22-24-26-28-30-40(78)39(72-46(79)31-29-27-25-23-21-19-17-15-13-11-9-7-5-2)37-92-66-57(89)54(86)60(44(35-76)97-66)99-68-58(90)55(87)61(45(36-77)98-68)100-69-59(91)63(51(83)43(34-75)95-69)102-65-47(71)62(50(82)42(33-74)94-65)101-70-64(53(85)49(81)41(32-73)96-70)103-67-56(88)52(84)48(80)38(3)93-67;/h28,30,38-45,47-71,73-78,80-91H,4-27,29,31-37H2,1-3H3,(H,72,79);/q-1;/b30-28+;/t38?,39?,40?,41?,42?,43?,44?,45?,47?,48-,49-,50-,51-,52?,53?,54?,55?,56?,57?,58?,59?,60-,61-,62?,63?,64?,65-,66+,67-,68-,69-,70-;/m0./s1. The van der Waals surface area contributed by atoms with E-state index in [2.05, 4.69) is 19.2 Å². The average molecular weight is 1720 g/mol. The molecule has 0 aromatic rings. The summed E-state index contributed by atoms with van der Waals surface area (Å²) in [6.45, 7) is 0.438. The molecule has 6 fully saturated rings. The summed E-state index contributed by atoms with van der Waals surface area (Å²) in [6.07, 6.45) is -23.6. The minimum Gasteiger partial charge on any atom is -0.668 e. The van der Waals surface area contributed by atoms with Gasteiger partial charge < -0.3 is 160 Å². The Hall–Kier alpha value is -0.588. The first-order valence-corrected chi connectivity index (χ1v) is 37.9. The Morgan fingerprint density at radius 1 is 0.394 bits per heavy atom. The predicted molar refractivity (Wildman–Crippen MR) is 362 cm³/mol. The molecule has 20 unspecified atom stereocenters. The molecule has 34 heteroatoms. The zero-order valence-electron chi connectivity index (χ0n) is 60.7. The summed E-state index contributed by atoms with van der Waals surface area (Å²) in [7, 11) is 0. The Bertz CT molecular complexity index is 2300. The summed E-state index contributed by atoms with van der Waals surface area (Å²) in [4.78, 5) is 13.4. The van der Waals surface area contributed by atoms with E-state index in [9.17, 15) is 102 Å². The third kappa shape index (κ3) is 27.6. The molecule has 104 heavy (non-hydrogen) atoms. The Kier molecular flexibility index (Phi) is 45.0. The van der Waals surface area contributed by atoms with E-state index >= 15 is 0 Å². The molecule has 0 aromatic carbocycles. The fourth-order valence-corrected chi connectivity index (χ4v) is 13.9. The molecule has 20 N–H and O–H groups in total. The van der Waals surface area contributed by atoms with Crippen molar-refractivity contribution in [2.45, 2.75) is 384 Å². The van der Waals surface area contributed by atoms with Crippen LogP contribution in [-0.4, -0.2) is 334 Å². The van der Waals surface area contributed by atoms with Crippen LogP contribution in [0, 0.1) is 44.1 Å². The van der Waals surface area contributed by atoms with E-state index in [1.807, 2.05) is 6.08 Å². The van der Waals surface area contributed by atoms with Gasteiger partial charge in [-0.05, 0) is 26.2 Å². The molecule has 1 amide bonds. The van der Waals surface area contributed by atoms with E-state index in [1.54, 1.807) is 6.08 Å². The van der Waals surface area contributed by atoms with Gasteiger partial charge in [-0.3, -0.25) is 4.79 Å². The number of carbonyl (C=O) groups is 1. The summed E-state index contributed by atoms with van der Waals surface area (Å²) in [5.41, 5.74) is 9.19. The number of aliphatic hydroxyl groups excluding tert-OH is 18. The van der Waals surface area contributed by atoms with Crippen molar-refractivity contribution in [1.29, 1.82) is 0 Å². The molecule has 1 radical (unpaired) electrons. The molecule has 32 atom stereocenters. The molecule has 607 valence electrons. The van der Waals surface area contributed by atoms with Crippen LogP contribution in [0.15, 0.2) is 12.2 Å². The molecule has 0 aliphatic carbocycles. The maximum absolute atomic E-state index is 13.4. The van der Waals surface area contributed by atoms with Gasteiger partial charge in [-0.25, -0.2) is 0 Å². The van der Waals surface area contributed by atoms with E-state index in [-0.39, 0.29) is 56.4 Å². The molecule has 6 saturated heterocycles. The first kappa shape index (κ1) is 94.0. The van der Waals surface area contributed by atoms with Crippen molar-refractivity contribution in [3.8, 4) is 0 Å². The van der Waals surface area contributed by atoms with E-state index in [0.717, 1.165) is 51.4 Å². The van der Waals surface area contributed by atoms with Gasteiger partial charge in [-0.15, -0.1) is 0 Å². The summed E-state index contributed by atoms with van der Waals surface area (Å²) < 4.78 is 69.8. The second-order valence-corrected chi connectivity index (χ2v) is 28.5. The first-order chi connectivity index (χ1) is 49.5. The van der Waals surface area contributed by atoms with Gasteiger partial charge in [0.15, 0.2) is 31.5 Å². The van der Waals surface area contributed by atoms with Crippen LogP contribution in [-0.2, 0) is 61.6 Å². The molecule has 0 spiro atoms. The maximum Gasteiger partial charge on any atom is 0.220 e. The Morgan fingerprint density at radius 2 is 0.760 bits per heavy atom. The summed E-state index contributed by atoms with van der Waals surface area (Å²) in [5.74, 6) is -0.330. The zero-order valence-corrected chi connectivity index (χ0v) is 65.4. The first-order valence-electron chi connectivity index (χ1n) is 37.9. The van der Waals surface area contributed by atoms with Crippen molar-refractivity contribution in [2.24, 2.45) is 0 Å². The van der Waals surface area contributed by atoms with Crippen molar-refractivity contribution in [1.82, 2.24) is 5.32 Å². The van der Waals surface area contributed by atoms with Crippen molar-refractivity contribution >= 4 is 5.91 Å². The molecule has 6 aliphatic heterocycles. The molecule has 0 saturated carbocycles. The number of aliphatic hydroxyl groups is 18. The molecule has 33 nitrogen and oxygen atoms in total. The number of hydrogen-bond acceptors (Lipinski definition) is 31. The van der Waals surface area contributed by atoms with Gasteiger partial charge in [-0.1, -0.05) is 173 Å². The number of allylic oxidation sites excluding steroid dienone is 1. The number of hydrogen-bond donors (Lipinski definition) is 19. The molecule has 0 bridgehead atoms. The second-order valence-electron chi connectivity index (χ2n) is 28.5. The van der Waals surface area contributed by atoms with Crippen molar-refractivity contribution < 1.29 is 198 Å². The average Bonchev–Trinajstić information content (AvgIpc) is 0.775. The van der Waals surface area contributed by atoms with Crippen LogP contribution in [0.2, 0.25) is 0 Å². The predicted octanol–water partition coefficient (Wildman–Crippen LogP) is -1.40. The Morgan fingerprint density at radius 3 is 1.27 bits per heavy atom. The summed E-state index contributed by atoms with van der Waals surface area (Å²) >= 11 is 0. The van der Waals surface area contributed by atoms with Crippen LogP contribution < -0.4 is 5.32 Å². The van der Waals surface area contributed by atoms with E-state index in [1.165, 1.54) is 103 Å². The number of nitrogens with one attached hydrogen (secondary N) is 2. The van der Waals surface area contributed by atoms with Gasteiger partial charge in [0.05, 0.1) is 64.0 Å². The zero-order chi connectivity index (χ0) is 75.3.